The Morgan fingerprint density at radius 2 is 1.94 bits per heavy atom. The maximum absolute atomic E-state index is 13.3. The van der Waals surface area contributed by atoms with E-state index in [0.717, 1.165) is 35.0 Å². The van der Waals surface area contributed by atoms with Gasteiger partial charge in [0.05, 0.1) is 5.69 Å². The number of amides is 1. The summed E-state index contributed by atoms with van der Waals surface area (Å²) in [6.07, 6.45) is 3.64. The van der Waals surface area contributed by atoms with Crippen molar-refractivity contribution in [3.8, 4) is 11.1 Å². The zero-order chi connectivity index (χ0) is 22.9. The second-order valence-electron chi connectivity index (χ2n) is 8.66. The van der Waals surface area contributed by atoms with Crippen LogP contribution in [0.4, 0.5) is 0 Å². The van der Waals surface area contributed by atoms with E-state index in [1.807, 2.05) is 31.3 Å². The summed E-state index contributed by atoms with van der Waals surface area (Å²) in [5.74, 6) is 0.481. The van der Waals surface area contributed by atoms with Crippen LogP contribution in [0.25, 0.3) is 22.1 Å². The summed E-state index contributed by atoms with van der Waals surface area (Å²) in [5, 5.41) is 0.738. The van der Waals surface area contributed by atoms with Crippen LogP contribution in [0.15, 0.2) is 70.0 Å². The molecule has 1 amide bonds. The molecular weight excluding hydrogens is 414 g/mol. The fourth-order valence-corrected chi connectivity index (χ4v) is 4.60. The molecule has 1 saturated heterocycles. The number of aryl methyl sites for hydroxylation is 2. The predicted molar refractivity (Wildman–Crippen MR) is 127 cm³/mol. The predicted octanol–water partition coefficient (Wildman–Crippen LogP) is 4.89. The summed E-state index contributed by atoms with van der Waals surface area (Å²) in [6.45, 7) is 5.05. The first kappa shape index (κ1) is 21.1. The van der Waals surface area contributed by atoms with Crippen LogP contribution in [0, 0.1) is 13.8 Å². The van der Waals surface area contributed by atoms with Crippen LogP contribution in [-0.2, 0) is 0 Å². The van der Waals surface area contributed by atoms with Crippen molar-refractivity contribution in [1.82, 2.24) is 14.9 Å². The summed E-state index contributed by atoms with van der Waals surface area (Å²) < 4.78 is 5.40. The van der Waals surface area contributed by atoms with Crippen molar-refractivity contribution in [1.29, 1.82) is 0 Å². The third kappa shape index (κ3) is 4.16. The number of fused-ring (bicyclic) bond motifs is 1. The summed E-state index contributed by atoms with van der Waals surface area (Å²) in [5.41, 5.74) is 4.15. The topological polar surface area (TPSA) is 76.3 Å². The Kier molecular flexibility index (Phi) is 5.50. The van der Waals surface area contributed by atoms with E-state index < -0.39 is 5.63 Å². The van der Waals surface area contributed by atoms with E-state index in [0.29, 0.717) is 24.5 Å². The third-order valence-electron chi connectivity index (χ3n) is 6.23. The van der Waals surface area contributed by atoms with E-state index in [2.05, 4.69) is 30.1 Å². The molecule has 1 fully saturated rings. The van der Waals surface area contributed by atoms with Gasteiger partial charge in [0.1, 0.15) is 17.0 Å². The molecule has 0 aliphatic carbocycles. The molecule has 6 heteroatoms. The molecule has 1 atom stereocenters. The summed E-state index contributed by atoms with van der Waals surface area (Å²) in [4.78, 5) is 36.9. The van der Waals surface area contributed by atoms with Crippen LogP contribution in [0.5, 0.6) is 0 Å². The van der Waals surface area contributed by atoms with Crippen molar-refractivity contribution in [3.05, 3.63) is 93.9 Å². The van der Waals surface area contributed by atoms with Gasteiger partial charge in [-0.3, -0.25) is 4.79 Å². The van der Waals surface area contributed by atoms with Gasteiger partial charge in [-0.25, -0.2) is 14.8 Å². The van der Waals surface area contributed by atoms with Gasteiger partial charge in [0.25, 0.3) is 5.91 Å². The molecule has 2 aromatic carbocycles. The van der Waals surface area contributed by atoms with E-state index in [9.17, 15) is 9.59 Å². The van der Waals surface area contributed by atoms with Crippen LogP contribution < -0.4 is 5.63 Å². The summed E-state index contributed by atoms with van der Waals surface area (Å²) in [6, 6.07) is 17.2. The monoisotopic (exact) mass is 439 g/mol. The smallest absolute Gasteiger partial charge is 0.349 e. The van der Waals surface area contributed by atoms with E-state index >= 15 is 0 Å². The van der Waals surface area contributed by atoms with Crippen molar-refractivity contribution in [2.45, 2.75) is 32.6 Å². The van der Waals surface area contributed by atoms with Gasteiger partial charge in [0.15, 0.2) is 0 Å². The van der Waals surface area contributed by atoms with E-state index in [1.165, 1.54) is 5.56 Å². The lowest BCUT2D eigenvalue weighted by Crippen LogP contribution is -2.41. The zero-order valence-corrected chi connectivity index (χ0v) is 18.7. The fraction of sp³-hybridized carbons (Fsp3) is 0.259. The number of hydrogen-bond acceptors (Lipinski definition) is 5. The molecule has 0 saturated carbocycles. The second kappa shape index (κ2) is 8.62. The molecule has 6 nitrogen and oxygen atoms in total. The van der Waals surface area contributed by atoms with E-state index in [4.69, 9.17) is 9.40 Å². The summed E-state index contributed by atoms with van der Waals surface area (Å²) in [7, 11) is 0. The molecule has 5 rings (SSSR count). The lowest BCUT2D eigenvalue weighted by atomic mass is 9.89. The SMILES string of the molecule is Cc1cccc(-c2cnc(C)nc2[C@@H]2CCCN(C(=O)c3cc4ccccc4oc3=O)C2)c1. The first-order valence-electron chi connectivity index (χ1n) is 11.2. The maximum Gasteiger partial charge on any atom is 0.349 e. The first-order chi connectivity index (χ1) is 16.0. The van der Waals surface area contributed by atoms with Crippen molar-refractivity contribution in [2.75, 3.05) is 13.1 Å². The molecule has 0 unspecified atom stereocenters. The molecule has 2 aromatic heterocycles. The van der Waals surface area contributed by atoms with Gasteiger partial charge in [0.2, 0.25) is 0 Å². The second-order valence-corrected chi connectivity index (χ2v) is 8.66. The minimum Gasteiger partial charge on any atom is -0.422 e. The number of hydrogen-bond donors (Lipinski definition) is 0. The van der Waals surface area contributed by atoms with Gasteiger partial charge in [-0.1, -0.05) is 48.0 Å². The van der Waals surface area contributed by atoms with Gasteiger partial charge in [0, 0.05) is 36.2 Å². The Bertz CT molecular complexity index is 1410. The minimum atomic E-state index is -0.598. The molecule has 1 aliphatic rings. The Hall–Kier alpha value is -3.80. The summed E-state index contributed by atoms with van der Waals surface area (Å²) >= 11 is 0. The number of para-hydroxylation sites is 1. The standard InChI is InChI=1S/C27H25N3O3/c1-17-7-5-9-19(13-17)23-15-28-18(2)29-25(23)21-10-6-12-30(16-21)26(31)22-14-20-8-3-4-11-24(20)33-27(22)32/h3-5,7-9,11,13-15,21H,6,10,12,16H2,1-2H3/t21-/m1/s1. The normalized spacial score (nSPS) is 16.2. The molecule has 0 bridgehead atoms. The van der Waals surface area contributed by atoms with Crippen LogP contribution in [0.3, 0.4) is 0 Å². The highest BCUT2D eigenvalue weighted by Gasteiger charge is 2.30. The lowest BCUT2D eigenvalue weighted by molar-refractivity contribution is 0.0702. The molecule has 33 heavy (non-hydrogen) atoms. The number of likely N-dealkylation sites (tertiary alicyclic amines) is 1. The average Bonchev–Trinajstić information content (AvgIpc) is 2.83. The quantitative estimate of drug-likeness (QED) is 0.425. The lowest BCUT2D eigenvalue weighted by Gasteiger charge is -2.33. The van der Waals surface area contributed by atoms with Crippen molar-refractivity contribution in [3.63, 3.8) is 0 Å². The minimum absolute atomic E-state index is 0.0624. The third-order valence-corrected chi connectivity index (χ3v) is 6.23. The Morgan fingerprint density at radius 1 is 1.09 bits per heavy atom. The number of piperidine rings is 1. The van der Waals surface area contributed by atoms with E-state index in [-0.39, 0.29) is 17.4 Å². The Morgan fingerprint density at radius 3 is 2.79 bits per heavy atom. The number of rotatable bonds is 3. The number of carbonyl (C=O) groups is 1. The highest BCUT2D eigenvalue weighted by molar-refractivity contribution is 5.96. The molecule has 3 heterocycles. The first-order valence-corrected chi connectivity index (χ1v) is 11.2. The zero-order valence-electron chi connectivity index (χ0n) is 18.7. The van der Waals surface area contributed by atoms with Crippen molar-refractivity contribution >= 4 is 16.9 Å². The number of benzene rings is 2. The molecule has 166 valence electrons. The number of carbonyl (C=O) groups excluding carboxylic acids is 1. The van der Waals surface area contributed by atoms with Crippen LogP contribution in [0.1, 0.15) is 46.2 Å². The Labute approximate surface area is 191 Å². The number of aromatic nitrogens is 2. The van der Waals surface area contributed by atoms with Gasteiger partial charge in [-0.05, 0) is 44.4 Å². The van der Waals surface area contributed by atoms with Gasteiger partial charge in [-0.15, -0.1) is 0 Å². The van der Waals surface area contributed by atoms with Crippen molar-refractivity contribution in [2.24, 2.45) is 0 Å². The molecule has 0 spiro atoms. The highest BCUT2D eigenvalue weighted by Crippen LogP contribution is 2.33. The van der Waals surface area contributed by atoms with E-state index in [1.54, 1.807) is 23.1 Å². The molecule has 0 radical (unpaired) electrons. The Balaban J connectivity index is 1.48. The van der Waals surface area contributed by atoms with Gasteiger partial charge < -0.3 is 9.32 Å². The fourth-order valence-electron chi connectivity index (χ4n) is 4.60. The van der Waals surface area contributed by atoms with Crippen LogP contribution >= 0.6 is 0 Å². The average molecular weight is 440 g/mol. The molecule has 1 aliphatic heterocycles. The van der Waals surface area contributed by atoms with Gasteiger partial charge in [-0.2, -0.15) is 0 Å². The van der Waals surface area contributed by atoms with Crippen LogP contribution in [-0.4, -0.2) is 33.9 Å². The molecule has 0 N–H and O–H groups in total. The number of nitrogens with zero attached hydrogens (tertiary/aromatic N) is 3. The van der Waals surface area contributed by atoms with Gasteiger partial charge >= 0.3 is 5.63 Å². The van der Waals surface area contributed by atoms with Crippen LogP contribution in [0.2, 0.25) is 0 Å². The van der Waals surface area contributed by atoms with Crippen molar-refractivity contribution < 1.29 is 9.21 Å². The highest BCUT2D eigenvalue weighted by atomic mass is 16.4. The maximum atomic E-state index is 13.3. The molecular formula is C27H25N3O3. The molecule has 4 aromatic rings. The largest absolute Gasteiger partial charge is 0.422 e.